The van der Waals surface area contributed by atoms with Crippen molar-refractivity contribution in [3.05, 3.63) is 57.3 Å². The lowest BCUT2D eigenvalue weighted by Gasteiger charge is -2.10. The van der Waals surface area contributed by atoms with Crippen molar-refractivity contribution in [3.8, 4) is 0 Å². The van der Waals surface area contributed by atoms with E-state index in [9.17, 15) is 14.4 Å². The Kier molecular flexibility index (Phi) is 6.91. The number of carbonyl (C=O) groups is 3. The van der Waals surface area contributed by atoms with Crippen molar-refractivity contribution in [1.29, 1.82) is 0 Å². The highest BCUT2D eigenvalue weighted by Gasteiger charge is 2.13. The molecule has 0 spiro atoms. The number of ketones is 1. The largest absolute Gasteiger partial charge is 0.454 e. The fourth-order valence-electron chi connectivity index (χ4n) is 2.12. The normalized spacial score (nSPS) is 10.5. The molecule has 7 heteroatoms. The summed E-state index contributed by atoms with van der Waals surface area (Å²) in [5.41, 5.74) is 1.21. The second-order valence-corrected chi connectivity index (χ2v) is 7.38. The third-order valence-corrected chi connectivity index (χ3v) is 4.45. The predicted octanol–water partition coefficient (Wildman–Crippen LogP) is 3.30. The van der Waals surface area contributed by atoms with Crippen LogP contribution in [-0.4, -0.2) is 30.4 Å². The van der Waals surface area contributed by atoms with Crippen molar-refractivity contribution < 1.29 is 19.1 Å². The van der Waals surface area contributed by atoms with Crippen molar-refractivity contribution in [2.75, 3.05) is 6.61 Å². The van der Waals surface area contributed by atoms with E-state index in [-0.39, 0.29) is 24.5 Å². The number of benzene rings is 1. The lowest BCUT2D eigenvalue weighted by atomic mass is 10.1. The third kappa shape index (κ3) is 6.00. The lowest BCUT2D eigenvalue weighted by molar-refractivity contribution is 0.0476. The summed E-state index contributed by atoms with van der Waals surface area (Å²) in [4.78, 5) is 37.1. The fraction of sp³-hybridized carbons (Fsp3) is 0.316. The molecule has 0 radical (unpaired) electrons. The molecule has 0 fully saturated rings. The molecule has 1 aromatic heterocycles. The average Bonchev–Trinajstić information content (AvgIpc) is 3.04. The Balaban J connectivity index is 1.82. The van der Waals surface area contributed by atoms with E-state index in [1.165, 1.54) is 11.3 Å². The van der Waals surface area contributed by atoms with Crippen LogP contribution in [0.1, 0.15) is 44.3 Å². The first-order chi connectivity index (χ1) is 12.3. The highest BCUT2D eigenvalue weighted by molar-refractivity contribution is 7.14. The van der Waals surface area contributed by atoms with Crippen LogP contribution in [0, 0.1) is 6.92 Å². The number of amides is 2. The van der Waals surface area contributed by atoms with Crippen LogP contribution < -0.4 is 10.6 Å². The SMILES string of the molecule is Cc1ccc(C(=O)COC(=O)c2ccc(CNC(=O)NC(C)C)cc2)s1. The number of urea groups is 1. The molecule has 1 heterocycles. The molecular weight excluding hydrogens is 352 g/mol. The van der Waals surface area contributed by atoms with Crippen LogP contribution in [0.2, 0.25) is 0 Å². The van der Waals surface area contributed by atoms with Gasteiger partial charge in [0.05, 0.1) is 10.4 Å². The zero-order valence-electron chi connectivity index (χ0n) is 15.0. The Morgan fingerprint density at radius 1 is 1.08 bits per heavy atom. The number of carbonyl (C=O) groups excluding carboxylic acids is 3. The summed E-state index contributed by atoms with van der Waals surface area (Å²) < 4.78 is 5.07. The molecule has 2 amide bonds. The number of hydrogen-bond donors (Lipinski definition) is 2. The number of rotatable bonds is 7. The van der Waals surface area contributed by atoms with Crippen molar-refractivity contribution in [3.63, 3.8) is 0 Å². The molecule has 2 rings (SSSR count). The average molecular weight is 374 g/mol. The highest BCUT2D eigenvalue weighted by Crippen LogP contribution is 2.16. The lowest BCUT2D eigenvalue weighted by Crippen LogP contribution is -2.39. The van der Waals surface area contributed by atoms with Crippen LogP contribution in [0.4, 0.5) is 4.79 Å². The van der Waals surface area contributed by atoms with Gasteiger partial charge in [-0.1, -0.05) is 12.1 Å². The van der Waals surface area contributed by atoms with E-state index in [2.05, 4.69) is 10.6 Å². The second kappa shape index (κ2) is 9.15. The standard InChI is InChI=1S/C19H22N2O4S/c1-12(2)21-19(24)20-10-14-5-7-15(8-6-14)18(23)25-11-16(22)17-9-4-13(3)26-17/h4-9,12H,10-11H2,1-3H3,(H2,20,21,24). The van der Waals surface area contributed by atoms with Crippen LogP contribution >= 0.6 is 11.3 Å². The molecule has 0 aliphatic heterocycles. The maximum absolute atomic E-state index is 12.0. The molecule has 0 bridgehead atoms. The van der Waals surface area contributed by atoms with E-state index in [1.807, 2.05) is 26.8 Å². The third-order valence-electron chi connectivity index (χ3n) is 3.41. The number of hydrogen-bond acceptors (Lipinski definition) is 5. The van der Waals surface area contributed by atoms with Gasteiger partial charge in [-0.05, 0) is 50.6 Å². The van der Waals surface area contributed by atoms with Crippen LogP contribution in [0.25, 0.3) is 0 Å². The summed E-state index contributed by atoms with van der Waals surface area (Å²) in [6.07, 6.45) is 0. The summed E-state index contributed by atoms with van der Waals surface area (Å²) in [7, 11) is 0. The summed E-state index contributed by atoms with van der Waals surface area (Å²) in [5, 5.41) is 5.46. The van der Waals surface area contributed by atoms with Gasteiger partial charge in [0.25, 0.3) is 0 Å². The maximum Gasteiger partial charge on any atom is 0.338 e. The van der Waals surface area contributed by atoms with Crippen molar-refractivity contribution >= 4 is 29.1 Å². The molecule has 0 saturated heterocycles. The van der Waals surface area contributed by atoms with Gasteiger partial charge in [-0.25, -0.2) is 9.59 Å². The van der Waals surface area contributed by atoms with E-state index in [0.717, 1.165) is 10.4 Å². The Morgan fingerprint density at radius 3 is 2.35 bits per heavy atom. The molecule has 2 N–H and O–H groups in total. The molecule has 0 unspecified atom stereocenters. The number of esters is 1. The van der Waals surface area contributed by atoms with E-state index in [4.69, 9.17) is 4.74 Å². The van der Waals surface area contributed by atoms with Gasteiger partial charge in [-0.2, -0.15) is 0 Å². The van der Waals surface area contributed by atoms with Crippen LogP contribution in [0.3, 0.4) is 0 Å². The Bertz CT molecular complexity index is 781. The molecular formula is C19H22N2O4S. The predicted molar refractivity (Wildman–Crippen MR) is 101 cm³/mol. The van der Waals surface area contributed by atoms with Crippen LogP contribution in [0.5, 0.6) is 0 Å². The van der Waals surface area contributed by atoms with Gasteiger partial charge in [-0.3, -0.25) is 4.79 Å². The number of thiophene rings is 1. The van der Waals surface area contributed by atoms with Crippen molar-refractivity contribution in [1.82, 2.24) is 10.6 Å². The van der Waals surface area contributed by atoms with Crippen molar-refractivity contribution in [2.24, 2.45) is 0 Å². The first-order valence-corrected chi connectivity index (χ1v) is 9.07. The minimum atomic E-state index is -0.552. The summed E-state index contributed by atoms with van der Waals surface area (Å²) in [6, 6.07) is 10.1. The van der Waals surface area contributed by atoms with Gasteiger partial charge in [0.2, 0.25) is 5.78 Å². The van der Waals surface area contributed by atoms with Gasteiger partial charge in [0.1, 0.15) is 0 Å². The topological polar surface area (TPSA) is 84.5 Å². The fourth-order valence-corrected chi connectivity index (χ4v) is 2.92. The summed E-state index contributed by atoms with van der Waals surface area (Å²) >= 11 is 1.38. The number of Topliss-reactive ketones (excluding diaryl/α,β-unsaturated/α-hetero) is 1. The minimum Gasteiger partial charge on any atom is -0.454 e. The number of ether oxygens (including phenoxy) is 1. The van der Waals surface area contributed by atoms with Gasteiger partial charge >= 0.3 is 12.0 Å². The first kappa shape index (κ1) is 19.7. The summed E-state index contributed by atoms with van der Waals surface area (Å²) in [5.74, 6) is -0.767. The van der Waals surface area contributed by atoms with Gasteiger partial charge in [0.15, 0.2) is 6.61 Å². The van der Waals surface area contributed by atoms with E-state index >= 15 is 0 Å². The molecule has 0 aliphatic rings. The number of nitrogens with one attached hydrogen (secondary N) is 2. The van der Waals surface area contributed by atoms with E-state index < -0.39 is 5.97 Å². The van der Waals surface area contributed by atoms with Gasteiger partial charge in [0, 0.05) is 17.5 Å². The molecule has 26 heavy (non-hydrogen) atoms. The van der Waals surface area contributed by atoms with E-state index in [1.54, 1.807) is 30.3 Å². The molecule has 1 aromatic carbocycles. The molecule has 0 saturated carbocycles. The van der Waals surface area contributed by atoms with Crippen LogP contribution in [-0.2, 0) is 11.3 Å². The first-order valence-electron chi connectivity index (χ1n) is 8.25. The smallest absolute Gasteiger partial charge is 0.338 e. The van der Waals surface area contributed by atoms with Crippen molar-refractivity contribution in [2.45, 2.75) is 33.4 Å². The molecule has 138 valence electrons. The number of aryl methyl sites for hydroxylation is 1. The van der Waals surface area contributed by atoms with E-state index in [0.29, 0.717) is 17.0 Å². The quantitative estimate of drug-likeness (QED) is 0.575. The van der Waals surface area contributed by atoms with Gasteiger partial charge < -0.3 is 15.4 Å². The highest BCUT2D eigenvalue weighted by atomic mass is 32.1. The van der Waals surface area contributed by atoms with Crippen LogP contribution in [0.15, 0.2) is 36.4 Å². The molecule has 0 aliphatic carbocycles. The molecule has 6 nitrogen and oxygen atoms in total. The Hall–Kier alpha value is -2.67. The minimum absolute atomic E-state index is 0.0629. The molecule has 0 atom stereocenters. The zero-order valence-corrected chi connectivity index (χ0v) is 15.8. The Labute approximate surface area is 156 Å². The second-order valence-electron chi connectivity index (χ2n) is 6.09. The Morgan fingerprint density at radius 2 is 1.77 bits per heavy atom. The maximum atomic E-state index is 12.0. The zero-order chi connectivity index (χ0) is 19.1. The molecule has 2 aromatic rings. The summed E-state index contributed by atoms with van der Waals surface area (Å²) in [6.45, 7) is 5.74. The monoisotopic (exact) mass is 374 g/mol. The van der Waals surface area contributed by atoms with Gasteiger partial charge in [-0.15, -0.1) is 11.3 Å².